The van der Waals surface area contributed by atoms with Gasteiger partial charge in [0.2, 0.25) is 5.91 Å². The zero-order valence-corrected chi connectivity index (χ0v) is 17.6. The fourth-order valence-corrected chi connectivity index (χ4v) is 3.82. The summed E-state index contributed by atoms with van der Waals surface area (Å²) in [5, 5.41) is 6.95. The molecule has 5 heteroatoms. The molecule has 4 aromatic rings. The molecule has 1 unspecified atom stereocenters. The van der Waals surface area contributed by atoms with Gasteiger partial charge in [0.25, 0.3) is 5.91 Å². The van der Waals surface area contributed by atoms with Crippen LogP contribution in [0.3, 0.4) is 0 Å². The van der Waals surface area contributed by atoms with Gasteiger partial charge in [-0.15, -0.1) is 0 Å². The van der Waals surface area contributed by atoms with E-state index in [0.717, 1.165) is 38.8 Å². The van der Waals surface area contributed by atoms with Crippen molar-refractivity contribution in [1.82, 2.24) is 10.3 Å². The second-order valence-electron chi connectivity index (χ2n) is 7.70. The number of fused-ring (bicyclic) bond motifs is 1. The molecule has 0 fully saturated rings. The fourth-order valence-electron chi connectivity index (χ4n) is 3.82. The van der Waals surface area contributed by atoms with Crippen molar-refractivity contribution in [3.05, 3.63) is 101 Å². The summed E-state index contributed by atoms with van der Waals surface area (Å²) in [6.07, 6.45) is 2.03. The molecule has 0 saturated heterocycles. The number of aryl methyl sites for hydroxylation is 2. The molecule has 0 bridgehead atoms. The molecule has 31 heavy (non-hydrogen) atoms. The highest BCUT2D eigenvalue weighted by Crippen LogP contribution is 2.23. The predicted molar refractivity (Wildman–Crippen MR) is 124 cm³/mol. The first-order chi connectivity index (χ1) is 15.0. The number of carbonyl (C=O) groups excluding carboxylic acids is 2. The Labute approximate surface area is 181 Å². The van der Waals surface area contributed by atoms with E-state index in [1.807, 2.05) is 92.8 Å². The average molecular weight is 412 g/mol. The molecule has 0 aliphatic heterocycles. The molecule has 156 valence electrons. The lowest BCUT2D eigenvalue weighted by Gasteiger charge is -2.20. The third-order valence-electron chi connectivity index (χ3n) is 5.46. The number of aromatic amines is 1. The molecule has 4 rings (SSSR count). The van der Waals surface area contributed by atoms with Crippen molar-refractivity contribution in [3.63, 3.8) is 0 Å². The van der Waals surface area contributed by atoms with Crippen LogP contribution in [0.25, 0.3) is 10.9 Å². The summed E-state index contributed by atoms with van der Waals surface area (Å²) in [7, 11) is 0. The topological polar surface area (TPSA) is 74.0 Å². The summed E-state index contributed by atoms with van der Waals surface area (Å²) < 4.78 is 0. The Hall–Kier alpha value is -3.86. The quantitative estimate of drug-likeness (QED) is 0.425. The van der Waals surface area contributed by atoms with Gasteiger partial charge in [-0.25, -0.2) is 0 Å². The van der Waals surface area contributed by atoms with Crippen LogP contribution in [-0.2, 0) is 16.0 Å². The maximum Gasteiger partial charge on any atom is 0.251 e. The minimum absolute atomic E-state index is 0.185. The molecular weight excluding hydrogens is 386 g/mol. The maximum atomic E-state index is 13.2. The van der Waals surface area contributed by atoms with Crippen molar-refractivity contribution in [2.24, 2.45) is 0 Å². The number of H-pyrrole nitrogens is 1. The van der Waals surface area contributed by atoms with E-state index in [1.165, 1.54) is 0 Å². The lowest BCUT2D eigenvalue weighted by molar-refractivity contribution is -0.126. The molecule has 5 nitrogen and oxygen atoms in total. The number of para-hydroxylation sites is 2. The smallest absolute Gasteiger partial charge is 0.251 e. The molecule has 2 amide bonds. The van der Waals surface area contributed by atoms with Crippen molar-refractivity contribution in [3.8, 4) is 0 Å². The molecule has 0 radical (unpaired) electrons. The minimum Gasteiger partial charge on any atom is -0.361 e. The third kappa shape index (κ3) is 4.51. The summed E-state index contributed by atoms with van der Waals surface area (Å²) in [5.74, 6) is -0.480. The second kappa shape index (κ2) is 8.88. The number of carbonyl (C=O) groups is 2. The fraction of sp³-hybridized carbons (Fsp3) is 0.154. The van der Waals surface area contributed by atoms with E-state index in [0.29, 0.717) is 0 Å². The number of aromatic nitrogens is 1. The number of amides is 2. The van der Waals surface area contributed by atoms with Crippen LogP contribution in [0.4, 0.5) is 5.69 Å². The molecule has 1 aromatic heterocycles. The van der Waals surface area contributed by atoms with Crippen LogP contribution in [0.5, 0.6) is 0 Å². The molecular formula is C26H25N3O2. The normalized spacial score (nSPS) is 11.8. The molecule has 0 spiro atoms. The number of hydrogen-bond acceptors (Lipinski definition) is 2. The second-order valence-corrected chi connectivity index (χ2v) is 7.70. The molecule has 0 aliphatic carbocycles. The van der Waals surface area contributed by atoms with E-state index in [2.05, 4.69) is 15.6 Å². The Balaban J connectivity index is 1.56. The van der Waals surface area contributed by atoms with Crippen molar-refractivity contribution in [2.75, 3.05) is 5.32 Å². The molecule has 0 saturated carbocycles. The monoisotopic (exact) mass is 411 g/mol. The van der Waals surface area contributed by atoms with Gasteiger partial charge in [-0.1, -0.05) is 66.7 Å². The maximum absolute atomic E-state index is 13.2. The molecule has 1 heterocycles. The van der Waals surface area contributed by atoms with Gasteiger partial charge in [-0.2, -0.15) is 0 Å². The number of rotatable bonds is 6. The Morgan fingerprint density at radius 1 is 0.871 bits per heavy atom. The van der Waals surface area contributed by atoms with E-state index in [1.54, 1.807) is 0 Å². The standard InChI is InChI=1S/C26H25N3O2/c1-17-9-8-10-18(2)24(17)29-26(31)25(19-11-4-3-5-12-19)28-23(30)15-20-16-27-22-14-7-6-13-21(20)22/h3-14,16,25,27H,15H2,1-2H3,(H,28,30)(H,29,31). The van der Waals surface area contributed by atoms with Gasteiger partial charge >= 0.3 is 0 Å². The van der Waals surface area contributed by atoms with Crippen LogP contribution < -0.4 is 10.6 Å². The predicted octanol–water partition coefficient (Wildman–Crippen LogP) is 4.82. The van der Waals surface area contributed by atoms with Crippen LogP contribution in [0.1, 0.15) is 28.3 Å². The largest absolute Gasteiger partial charge is 0.361 e. The number of hydrogen-bond donors (Lipinski definition) is 3. The lowest BCUT2D eigenvalue weighted by Crippen LogP contribution is -2.38. The Morgan fingerprint density at radius 3 is 2.29 bits per heavy atom. The van der Waals surface area contributed by atoms with Crippen molar-refractivity contribution < 1.29 is 9.59 Å². The Kier molecular flexibility index (Phi) is 5.85. The van der Waals surface area contributed by atoms with Crippen LogP contribution in [0, 0.1) is 13.8 Å². The van der Waals surface area contributed by atoms with Gasteiger partial charge in [-0.05, 0) is 42.2 Å². The van der Waals surface area contributed by atoms with Crippen molar-refractivity contribution in [2.45, 2.75) is 26.3 Å². The van der Waals surface area contributed by atoms with Gasteiger partial charge in [0, 0.05) is 22.8 Å². The molecule has 3 N–H and O–H groups in total. The van der Waals surface area contributed by atoms with E-state index in [4.69, 9.17) is 0 Å². The Morgan fingerprint density at radius 2 is 1.55 bits per heavy atom. The third-order valence-corrected chi connectivity index (χ3v) is 5.46. The summed E-state index contributed by atoms with van der Waals surface area (Å²) in [6, 6.07) is 22.2. The summed E-state index contributed by atoms with van der Waals surface area (Å²) in [5.41, 5.74) is 5.35. The number of nitrogens with one attached hydrogen (secondary N) is 3. The van der Waals surface area contributed by atoms with Gasteiger partial charge < -0.3 is 15.6 Å². The van der Waals surface area contributed by atoms with Crippen molar-refractivity contribution >= 4 is 28.4 Å². The number of anilines is 1. The van der Waals surface area contributed by atoms with E-state index >= 15 is 0 Å². The Bertz CT molecular complexity index is 1210. The molecule has 1 atom stereocenters. The van der Waals surface area contributed by atoms with Crippen LogP contribution in [0.2, 0.25) is 0 Å². The highest BCUT2D eigenvalue weighted by molar-refractivity contribution is 5.99. The van der Waals surface area contributed by atoms with Crippen LogP contribution >= 0.6 is 0 Å². The highest BCUT2D eigenvalue weighted by atomic mass is 16.2. The van der Waals surface area contributed by atoms with Gasteiger partial charge in [0.05, 0.1) is 6.42 Å². The minimum atomic E-state index is -0.794. The summed E-state index contributed by atoms with van der Waals surface area (Å²) in [4.78, 5) is 29.3. The number of benzene rings is 3. The molecule has 0 aliphatic rings. The van der Waals surface area contributed by atoms with Crippen molar-refractivity contribution in [1.29, 1.82) is 0 Å². The highest BCUT2D eigenvalue weighted by Gasteiger charge is 2.24. The van der Waals surface area contributed by atoms with E-state index in [9.17, 15) is 9.59 Å². The first-order valence-electron chi connectivity index (χ1n) is 10.3. The SMILES string of the molecule is Cc1cccc(C)c1NC(=O)C(NC(=O)Cc1c[nH]c2ccccc12)c1ccccc1. The first-order valence-corrected chi connectivity index (χ1v) is 10.3. The first kappa shape index (κ1) is 20.4. The van der Waals surface area contributed by atoms with Gasteiger partial charge in [0.1, 0.15) is 6.04 Å². The van der Waals surface area contributed by atoms with E-state index < -0.39 is 6.04 Å². The van der Waals surface area contributed by atoms with Gasteiger partial charge in [0.15, 0.2) is 0 Å². The average Bonchev–Trinajstić information content (AvgIpc) is 3.18. The van der Waals surface area contributed by atoms with Gasteiger partial charge in [-0.3, -0.25) is 9.59 Å². The van der Waals surface area contributed by atoms with Crippen LogP contribution in [-0.4, -0.2) is 16.8 Å². The zero-order valence-electron chi connectivity index (χ0n) is 17.6. The zero-order chi connectivity index (χ0) is 21.8. The summed E-state index contributed by atoms with van der Waals surface area (Å²) >= 11 is 0. The van der Waals surface area contributed by atoms with E-state index in [-0.39, 0.29) is 18.2 Å². The lowest BCUT2D eigenvalue weighted by atomic mass is 10.0. The summed E-state index contributed by atoms with van der Waals surface area (Å²) in [6.45, 7) is 3.91. The molecule has 3 aromatic carbocycles. The van der Waals surface area contributed by atoms with Crippen LogP contribution in [0.15, 0.2) is 79.0 Å².